The highest BCUT2D eigenvalue weighted by atomic mass is 32.2. The third-order valence-corrected chi connectivity index (χ3v) is 3.29. The van der Waals surface area contributed by atoms with Gasteiger partial charge < -0.3 is 0 Å². The number of nitrogens with zero attached hydrogens (tertiary/aromatic N) is 2. The van der Waals surface area contributed by atoms with Crippen LogP contribution >= 0.6 is 0 Å². The van der Waals surface area contributed by atoms with Gasteiger partial charge in [-0.1, -0.05) is 6.92 Å². The summed E-state index contributed by atoms with van der Waals surface area (Å²) in [5.41, 5.74) is 0. The molecule has 0 spiro atoms. The molecule has 5 nitrogen and oxygen atoms in total. The highest BCUT2D eigenvalue weighted by molar-refractivity contribution is 7.88. The fourth-order valence-corrected chi connectivity index (χ4v) is 2.17. The van der Waals surface area contributed by atoms with Gasteiger partial charge in [-0.2, -0.15) is 0 Å². The molecule has 0 N–H and O–H groups in total. The quantitative estimate of drug-likeness (QED) is 0.588. The van der Waals surface area contributed by atoms with Crippen LogP contribution in [0.5, 0.6) is 0 Å². The Balaban J connectivity index is 2.70. The smallest absolute Gasteiger partial charge is 0.250 e. The van der Waals surface area contributed by atoms with Crippen molar-refractivity contribution < 1.29 is 13.2 Å². The summed E-state index contributed by atoms with van der Waals surface area (Å²) in [6.07, 6.45) is 1.06. The number of amides is 1. The van der Waals surface area contributed by atoms with E-state index in [1.165, 1.54) is 0 Å². The van der Waals surface area contributed by atoms with Crippen LogP contribution in [0.25, 0.3) is 0 Å². The van der Waals surface area contributed by atoms with Crippen molar-refractivity contribution in [1.29, 1.82) is 0 Å². The first-order valence-electron chi connectivity index (χ1n) is 4.18. The van der Waals surface area contributed by atoms with Crippen LogP contribution < -0.4 is 0 Å². The number of carbonyl (C=O) groups excluding carboxylic acids is 1. The minimum atomic E-state index is -3.35. The number of piperazine rings is 1. The molecule has 1 fully saturated rings. The van der Waals surface area contributed by atoms with Crippen molar-refractivity contribution >= 4 is 15.9 Å². The van der Waals surface area contributed by atoms with Crippen molar-refractivity contribution in [3.8, 4) is 0 Å². The molecule has 1 rings (SSSR count). The number of rotatable bonds is 2. The predicted molar refractivity (Wildman–Crippen MR) is 48.7 cm³/mol. The second-order valence-electron chi connectivity index (χ2n) is 3.10. The lowest BCUT2D eigenvalue weighted by molar-refractivity contribution is -0.130. The lowest BCUT2D eigenvalue weighted by Gasteiger charge is -2.31. The van der Waals surface area contributed by atoms with Crippen LogP contribution in [0.3, 0.4) is 0 Å². The monoisotopic (exact) mass is 206 g/mol. The molecule has 1 saturated heterocycles. The molecule has 1 aliphatic rings. The maximum atomic E-state index is 11.3. The number of hydrogen-bond acceptors (Lipinski definition) is 4. The zero-order chi connectivity index (χ0) is 10.1. The molecular weight excluding hydrogens is 192 g/mol. The van der Waals surface area contributed by atoms with E-state index in [4.69, 9.17) is 0 Å². The Labute approximate surface area is 78.4 Å². The first kappa shape index (κ1) is 10.5. The van der Waals surface area contributed by atoms with Gasteiger partial charge in [0.25, 0.3) is 0 Å². The summed E-state index contributed by atoms with van der Waals surface area (Å²) in [6, 6.07) is 0. The first-order valence-corrected chi connectivity index (χ1v) is 6.03. The molecule has 0 aromatic heterocycles. The molecule has 0 aromatic rings. The molecule has 0 saturated carbocycles. The average Bonchev–Trinajstić information content (AvgIpc) is 2.01. The van der Waals surface area contributed by atoms with Crippen LogP contribution in [0.2, 0.25) is 0 Å². The fourth-order valence-electron chi connectivity index (χ4n) is 1.33. The number of likely N-dealkylation sites (N-methyl/N-ethyl adjacent to an activating group) is 1. The van der Waals surface area contributed by atoms with Gasteiger partial charge in [0.15, 0.2) is 0 Å². The van der Waals surface area contributed by atoms with Gasteiger partial charge in [0.1, 0.15) is 0 Å². The number of sulfonamides is 1. The molecule has 0 bridgehead atoms. The van der Waals surface area contributed by atoms with E-state index in [0.29, 0.717) is 6.54 Å². The summed E-state index contributed by atoms with van der Waals surface area (Å²) >= 11 is 0. The van der Waals surface area contributed by atoms with Crippen molar-refractivity contribution in [2.75, 3.05) is 32.4 Å². The lowest BCUT2D eigenvalue weighted by atomic mass is 10.3. The summed E-state index contributed by atoms with van der Waals surface area (Å²) in [7, 11) is -3.35. The van der Waals surface area contributed by atoms with E-state index in [1.807, 2.05) is 11.8 Å². The van der Waals surface area contributed by atoms with Gasteiger partial charge in [-0.3, -0.25) is 9.69 Å². The van der Waals surface area contributed by atoms with Crippen LogP contribution in [-0.4, -0.2) is 56.0 Å². The second kappa shape index (κ2) is 3.63. The number of hydrogen-bond donors (Lipinski definition) is 0. The van der Waals surface area contributed by atoms with E-state index in [2.05, 4.69) is 0 Å². The Morgan fingerprint density at radius 1 is 1.38 bits per heavy atom. The normalized spacial score (nSPS) is 20.8. The molecule has 1 aliphatic heterocycles. The lowest BCUT2D eigenvalue weighted by Crippen LogP contribution is -2.51. The second-order valence-corrected chi connectivity index (χ2v) is 5.00. The van der Waals surface area contributed by atoms with Crippen LogP contribution in [0, 0.1) is 0 Å². The summed E-state index contributed by atoms with van der Waals surface area (Å²) in [5, 5.41) is 0. The molecule has 6 heteroatoms. The first-order chi connectivity index (χ1) is 5.95. The molecule has 1 amide bonds. The van der Waals surface area contributed by atoms with Crippen LogP contribution in [0.15, 0.2) is 0 Å². The molecular formula is C7H14N2O3S. The molecule has 0 atom stereocenters. The predicted octanol–water partition coefficient (Wildman–Crippen LogP) is -0.890. The standard InChI is InChI=1S/C7H14N2O3S/c1-3-8-4-5-9(7(10)6-8)13(2,11)12/h3-6H2,1-2H3. The summed E-state index contributed by atoms with van der Waals surface area (Å²) in [6.45, 7) is 3.86. The highest BCUT2D eigenvalue weighted by Gasteiger charge is 2.28. The van der Waals surface area contributed by atoms with Gasteiger partial charge in [0.05, 0.1) is 12.8 Å². The minimum Gasteiger partial charge on any atom is -0.293 e. The summed E-state index contributed by atoms with van der Waals surface area (Å²) in [4.78, 5) is 13.2. The van der Waals surface area contributed by atoms with E-state index >= 15 is 0 Å². The Kier molecular flexibility index (Phi) is 2.92. The van der Waals surface area contributed by atoms with E-state index in [-0.39, 0.29) is 19.0 Å². The van der Waals surface area contributed by atoms with Crippen molar-refractivity contribution in [3.05, 3.63) is 0 Å². The van der Waals surface area contributed by atoms with E-state index in [1.54, 1.807) is 0 Å². The van der Waals surface area contributed by atoms with Gasteiger partial charge in [0, 0.05) is 13.1 Å². The topological polar surface area (TPSA) is 57.7 Å². The van der Waals surface area contributed by atoms with Gasteiger partial charge in [-0.15, -0.1) is 0 Å². The average molecular weight is 206 g/mol. The van der Waals surface area contributed by atoms with Crippen molar-refractivity contribution in [2.45, 2.75) is 6.92 Å². The Hall–Kier alpha value is -0.620. The van der Waals surface area contributed by atoms with Crippen LogP contribution in [-0.2, 0) is 14.8 Å². The molecule has 0 radical (unpaired) electrons. The molecule has 76 valence electrons. The van der Waals surface area contributed by atoms with E-state index < -0.39 is 10.0 Å². The van der Waals surface area contributed by atoms with Gasteiger partial charge in [0.2, 0.25) is 15.9 Å². The zero-order valence-corrected chi connectivity index (χ0v) is 8.67. The maximum absolute atomic E-state index is 11.3. The largest absolute Gasteiger partial charge is 0.293 e. The SMILES string of the molecule is CCN1CCN(S(C)(=O)=O)C(=O)C1. The molecule has 13 heavy (non-hydrogen) atoms. The van der Waals surface area contributed by atoms with Gasteiger partial charge in [-0.25, -0.2) is 12.7 Å². The van der Waals surface area contributed by atoms with Gasteiger partial charge >= 0.3 is 0 Å². The Morgan fingerprint density at radius 3 is 2.38 bits per heavy atom. The van der Waals surface area contributed by atoms with Crippen LogP contribution in [0.1, 0.15) is 6.92 Å². The molecule has 0 aliphatic carbocycles. The van der Waals surface area contributed by atoms with E-state index in [0.717, 1.165) is 17.1 Å². The zero-order valence-electron chi connectivity index (χ0n) is 7.86. The van der Waals surface area contributed by atoms with Crippen molar-refractivity contribution in [2.24, 2.45) is 0 Å². The molecule has 1 heterocycles. The summed E-state index contributed by atoms with van der Waals surface area (Å²) < 4.78 is 23.1. The molecule has 0 aromatic carbocycles. The van der Waals surface area contributed by atoms with Crippen molar-refractivity contribution in [3.63, 3.8) is 0 Å². The molecule has 0 unspecified atom stereocenters. The Bertz CT molecular complexity index is 299. The van der Waals surface area contributed by atoms with Crippen LogP contribution in [0.4, 0.5) is 0 Å². The van der Waals surface area contributed by atoms with Gasteiger partial charge in [-0.05, 0) is 6.54 Å². The highest BCUT2D eigenvalue weighted by Crippen LogP contribution is 2.06. The summed E-state index contributed by atoms with van der Waals surface area (Å²) in [5.74, 6) is -0.324. The third kappa shape index (κ3) is 2.41. The maximum Gasteiger partial charge on any atom is 0.250 e. The van der Waals surface area contributed by atoms with Crippen molar-refractivity contribution in [1.82, 2.24) is 9.21 Å². The third-order valence-electron chi connectivity index (χ3n) is 2.10. The fraction of sp³-hybridized carbons (Fsp3) is 0.857. The Morgan fingerprint density at radius 2 is 2.00 bits per heavy atom. The van der Waals surface area contributed by atoms with E-state index in [9.17, 15) is 13.2 Å². The minimum absolute atomic E-state index is 0.212. The number of carbonyl (C=O) groups is 1.